The van der Waals surface area contributed by atoms with Crippen molar-refractivity contribution in [3.05, 3.63) is 35.9 Å². The van der Waals surface area contributed by atoms with Crippen LogP contribution in [0.25, 0.3) is 0 Å². The Balaban J connectivity index is 1.81. The molecule has 2 fully saturated rings. The molecule has 0 amide bonds. The fourth-order valence-corrected chi connectivity index (χ4v) is 6.46. The second-order valence-corrected chi connectivity index (χ2v) is 24.7. The third-order valence-corrected chi connectivity index (χ3v) is 18.7. The Labute approximate surface area is 264 Å². The van der Waals surface area contributed by atoms with Gasteiger partial charge in [0.25, 0.3) is 0 Å². The van der Waals surface area contributed by atoms with E-state index in [9.17, 15) is 25.5 Å². The van der Waals surface area contributed by atoms with Crippen molar-refractivity contribution in [3.63, 3.8) is 0 Å². The van der Waals surface area contributed by atoms with Crippen LogP contribution >= 0.6 is 0 Å². The molecule has 2 heterocycles. The lowest BCUT2D eigenvalue weighted by Crippen LogP contribution is -2.65. The summed E-state index contributed by atoms with van der Waals surface area (Å²) in [5.74, 6) is 0. The van der Waals surface area contributed by atoms with E-state index in [1.54, 1.807) is 0 Å². The van der Waals surface area contributed by atoms with Crippen molar-refractivity contribution in [2.45, 2.75) is 146 Å². The van der Waals surface area contributed by atoms with E-state index >= 15 is 0 Å². The molecule has 0 radical (unpaired) electrons. The first-order valence-corrected chi connectivity index (χ1v) is 21.3. The molecule has 0 aliphatic carbocycles. The number of aliphatic hydroxyl groups excluding tert-OH is 5. The molecular formula is C31H56O11Si2. The van der Waals surface area contributed by atoms with Gasteiger partial charge in [0.15, 0.2) is 29.2 Å². The smallest absolute Gasteiger partial charge is 0.192 e. The van der Waals surface area contributed by atoms with Crippen LogP contribution in [0.4, 0.5) is 0 Å². The summed E-state index contributed by atoms with van der Waals surface area (Å²) in [7, 11) is -4.51. The molecule has 5 N–H and O–H groups in total. The summed E-state index contributed by atoms with van der Waals surface area (Å²) >= 11 is 0. The van der Waals surface area contributed by atoms with Crippen LogP contribution in [0.1, 0.15) is 47.1 Å². The van der Waals surface area contributed by atoms with Gasteiger partial charge in [-0.15, -0.1) is 0 Å². The second-order valence-electron chi connectivity index (χ2n) is 15.1. The molecule has 2 aliphatic rings. The van der Waals surface area contributed by atoms with Crippen molar-refractivity contribution in [1.29, 1.82) is 0 Å². The van der Waals surface area contributed by atoms with E-state index in [4.69, 9.17) is 27.8 Å². The van der Waals surface area contributed by atoms with Gasteiger partial charge in [-0.2, -0.15) is 0 Å². The van der Waals surface area contributed by atoms with Crippen LogP contribution < -0.4 is 0 Å². The van der Waals surface area contributed by atoms with Crippen LogP contribution in [-0.4, -0.2) is 117 Å². The van der Waals surface area contributed by atoms with E-state index in [1.165, 1.54) is 0 Å². The predicted molar refractivity (Wildman–Crippen MR) is 170 cm³/mol. The van der Waals surface area contributed by atoms with Gasteiger partial charge in [-0.05, 0) is 41.8 Å². The standard InChI is InChI=1S/C31H56O11Si2/c1-30(2,3)43(7,8)38-17-20-22(32)23(33)25(35)29(40-20)42-27-21(18-39-44(9,10)31(4,5)6)41-28(26(36)24(27)34)37-16-19-14-12-11-13-15-19/h11-15,20-29,32-36H,16-18H2,1-10H3/t20-,21-,22-,23+,24-,25+,26+,27-,28+,29-/m0/s1. The van der Waals surface area contributed by atoms with Crippen LogP contribution in [-0.2, 0) is 34.4 Å². The van der Waals surface area contributed by atoms with Crippen molar-refractivity contribution in [2.24, 2.45) is 0 Å². The minimum atomic E-state index is -2.28. The maximum Gasteiger partial charge on any atom is 0.192 e. The maximum absolute atomic E-state index is 11.3. The molecule has 0 saturated carbocycles. The van der Waals surface area contributed by atoms with Crippen molar-refractivity contribution in [3.8, 4) is 0 Å². The van der Waals surface area contributed by atoms with Crippen molar-refractivity contribution in [1.82, 2.24) is 0 Å². The number of rotatable bonds is 11. The van der Waals surface area contributed by atoms with Gasteiger partial charge >= 0.3 is 0 Å². The molecule has 3 rings (SSSR count). The third kappa shape index (κ3) is 8.97. The highest BCUT2D eigenvalue weighted by molar-refractivity contribution is 6.74. The van der Waals surface area contributed by atoms with Crippen molar-refractivity contribution >= 4 is 16.6 Å². The van der Waals surface area contributed by atoms with Gasteiger partial charge in [0, 0.05) is 0 Å². The van der Waals surface area contributed by atoms with Gasteiger partial charge in [-0.25, -0.2) is 0 Å². The van der Waals surface area contributed by atoms with E-state index in [0.29, 0.717) is 0 Å². The fraction of sp³-hybridized carbons (Fsp3) is 0.806. The molecule has 1 aromatic carbocycles. The van der Waals surface area contributed by atoms with Gasteiger partial charge in [-0.1, -0.05) is 71.9 Å². The minimum Gasteiger partial charge on any atom is -0.414 e. The predicted octanol–water partition coefficient (Wildman–Crippen LogP) is 2.89. The number of hydrogen-bond donors (Lipinski definition) is 5. The second kappa shape index (κ2) is 14.5. The summed E-state index contributed by atoms with van der Waals surface area (Å²) in [6.45, 7) is 21.0. The summed E-state index contributed by atoms with van der Waals surface area (Å²) < 4.78 is 36.8. The Kier molecular flexibility index (Phi) is 12.5. The Morgan fingerprint density at radius 3 is 1.64 bits per heavy atom. The molecular weight excluding hydrogens is 605 g/mol. The number of hydrogen-bond acceptors (Lipinski definition) is 11. The zero-order valence-corrected chi connectivity index (χ0v) is 30.0. The molecule has 2 aliphatic heterocycles. The Morgan fingerprint density at radius 1 is 0.636 bits per heavy atom. The topological polar surface area (TPSA) is 157 Å². The van der Waals surface area contributed by atoms with Crippen LogP contribution in [0.3, 0.4) is 0 Å². The SMILES string of the molecule is CC(C)(C)[Si](C)(C)OC[C@@H]1O[C@@H](O[C@@H]2[C@@H](O)[C@@H](O)[C@H](OCc3ccccc3)O[C@H]2CO[Si](C)(C)C(C)(C)C)[C@H](O)[C@H](O)[C@H]1O. The van der Waals surface area contributed by atoms with E-state index in [1.807, 2.05) is 30.3 Å². The maximum atomic E-state index is 11.3. The average molecular weight is 661 g/mol. The zero-order valence-electron chi connectivity index (χ0n) is 28.0. The number of ether oxygens (including phenoxy) is 4. The largest absolute Gasteiger partial charge is 0.414 e. The molecule has 0 unspecified atom stereocenters. The molecule has 0 spiro atoms. The summed E-state index contributed by atoms with van der Waals surface area (Å²) in [6.07, 6.45) is -13.5. The molecule has 44 heavy (non-hydrogen) atoms. The zero-order chi connectivity index (χ0) is 33.3. The summed E-state index contributed by atoms with van der Waals surface area (Å²) in [6, 6.07) is 9.38. The lowest BCUT2D eigenvalue weighted by Gasteiger charge is -2.47. The van der Waals surface area contributed by atoms with Crippen LogP contribution in [0.2, 0.25) is 36.3 Å². The molecule has 10 atom stereocenters. The Bertz CT molecular complexity index is 1030. The Morgan fingerprint density at radius 2 is 1.11 bits per heavy atom. The van der Waals surface area contributed by atoms with E-state index in [-0.39, 0.29) is 29.9 Å². The summed E-state index contributed by atoms with van der Waals surface area (Å²) in [5, 5.41) is 54.4. The van der Waals surface area contributed by atoms with Crippen LogP contribution in [0.5, 0.6) is 0 Å². The molecule has 13 heteroatoms. The summed E-state index contributed by atoms with van der Waals surface area (Å²) in [5.41, 5.74) is 0.863. The summed E-state index contributed by atoms with van der Waals surface area (Å²) in [4.78, 5) is 0. The molecule has 2 saturated heterocycles. The normalized spacial score (nSPS) is 34.2. The quantitative estimate of drug-likeness (QED) is 0.223. The lowest BCUT2D eigenvalue weighted by atomic mass is 9.97. The lowest BCUT2D eigenvalue weighted by molar-refractivity contribution is -0.359. The fourth-order valence-electron chi connectivity index (χ4n) is 4.43. The highest BCUT2D eigenvalue weighted by Crippen LogP contribution is 2.39. The molecule has 0 aromatic heterocycles. The Hall–Kier alpha value is -0.786. The average Bonchev–Trinajstić information content (AvgIpc) is 2.93. The number of benzene rings is 1. The minimum absolute atomic E-state index is 0.0159. The van der Waals surface area contributed by atoms with Crippen LogP contribution in [0.15, 0.2) is 30.3 Å². The van der Waals surface area contributed by atoms with Gasteiger partial charge in [0.2, 0.25) is 0 Å². The molecule has 0 bridgehead atoms. The first-order valence-electron chi connectivity index (χ1n) is 15.5. The van der Waals surface area contributed by atoms with Gasteiger partial charge < -0.3 is 53.3 Å². The molecule has 1 aromatic rings. The first kappa shape index (κ1) is 37.7. The highest BCUT2D eigenvalue weighted by Gasteiger charge is 2.52. The van der Waals surface area contributed by atoms with Gasteiger partial charge in [0.05, 0.1) is 19.8 Å². The molecule has 254 valence electrons. The van der Waals surface area contributed by atoms with E-state index in [0.717, 1.165) is 5.56 Å². The third-order valence-electron chi connectivity index (χ3n) is 9.69. The van der Waals surface area contributed by atoms with Gasteiger partial charge in [-0.3, -0.25) is 0 Å². The van der Waals surface area contributed by atoms with Gasteiger partial charge in [0.1, 0.15) is 48.8 Å². The van der Waals surface area contributed by atoms with Crippen molar-refractivity contribution < 1.29 is 53.3 Å². The number of aliphatic hydroxyl groups is 5. The molecule has 11 nitrogen and oxygen atoms in total. The van der Waals surface area contributed by atoms with E-state index in [2.05, 4.69) is 67.7 Å². The monoisotopic (exact) mass is 660 g/mol. The first-order chi connectivity index (χ1) is 20.2. The van der Waals surface area contributed by atoms with E-state index < -0.39 is 78.0 Å². The van der Waals surface area contributed by atoms with Crippen LogP contribution in [0, 0.1) is 0 Å². The van der Waals surface area contributed by atoms with Crippen molar-refractivity contribution in [2.75, 3.05) is 13.2 Å². The highest BCUT2D eigenvalue weighted by atomic mass is 28.4.